The molecular formula is C20H24N4O5S. The Labute approximate surface area is 175 Å². The van der Waals surface area contributed by atoms with E-state index in [4.69, 9.17) is 9.88 Å². The van der Waals surface area contributed by atoms with Crippen LogP contribution in [0.15, 0.2) is 47.5 Å². The van der Waals surface area contributed by atoms with E-state index >= 15 is 0 Å². The van der Waals surface area contributed by atoms with Gasteiger partial charge in [0.25, 0.3) is 0 Å². The maximum atomic E-state index is 13.1. The number of pyridine rings is 1. The summed E-state index contributed by atoms with van der Waals surface area (Å²) >= 11 is 0. The number of aromatic nitrogens is 1. The molecule has 0 saturated carbocycles. The van der Waals surface area contributed by atoms with Crippen LogP contribution in [-0.2, 0) is 36.3 Å². The summed E-state index contributed by atoms with van der Waals surface area (Å²) in [5, 5.41) is 5.19. The first-order valence-electron chi connectivity index (χ1n) is 9.26. The van der Waals surface area contributed by atoms with E-state index in [1.54, 1.807) is 54.2 Å². The number of primary sulfonamides is 1. The molecule has 3 rings (SSSR count). The number of anilines is 1. The van der Waals surface area contributed by atoms with Gasteiger partial charge in [0, 0.05) is 18.4 Å². The van der Waals surface area contributed by atoms with Gasteiger partial charge in [0.05, 0.1) is 24.2 Å². The highest BCUT2D eigenvalue weighted by Crippen LogP contribution is 2.31. The first kappa shape index (κ1) is 21.9. The average Bonchev–Trinajstić information content (AvgIpc) is 3.15. The minimum Gasteiger partial charge on any atom is -0.467 e. The number of carbonyl (C=O) groups is 2. The van der Waals surface area contributed by atoms with Gasteiger partial charge in [-0.2, -0.15) is 0 Å². The quantitative estimate of drug-likeness (QED) is 0.665. The second-order valence-corrected chi connectivity index (χ2v) is 8.83. The lowest BCUT2D eigenvalue weighted by molar-refractivity contribution is -0.155. The van der Waals surface area contributed by atoms with Crippen molar-refractivity contribution in [3.8, 4) is 0 Å². The van der Waals surface area contributed by atoms with Crippen LogP contribution in [0.5, 0.6) is 0 Å². The van der Waals surface area contributed by atoms with Crippen LogP contribution in [-0.4, -0.2) is 57.4 Å². The van der Waals surface area contributed by atoms with Crippen LogP contribution < -0.4 is 10.0 Å². The van der Waals surface area contributed by atoms with Crippen molar-refractivity contribution in [1.29, 1.82) is 0 Å². The maximum Gasteiger partial charge on any atom is 0.332 e. The van der Waals surface area contributed by atoms with E-state index < -0.39 is 21.5 Å². The molecule has 0 unspecified atom stereocenters. The van der Waals surface area contributed by atoms with E-state index in [0.717, 1.165) is 5.56 Å². The van der Waals surface area contributed by atoms with Gasteiger partial charge in [0.1, 0.15) is 0 Å². The summed E-state index contributed by atoms with van der Waals surface area (Å²) in [6, 6.07) is 9.67. The number of amides is 1. The van der Waals surface area contributed by atoms with Gasteiger partial charge < -0.3 is 9.64 Å². The topological polar surface area (TPSA) is 123 Å². The number of likely N-dealkylation sites (N-methyl/N-ethyl adjacent to an activating group) is 1. The zero-order valence-electron chi connectivity index (χ0n) is 17.0. The van der Waals surface area contributed by atoms with Crippen molar-refractivity contribution in [2.75, 3.05) is 32.1 Å². The average molecular weight is 433 g/mol. The van der Waals surface area contributed by atoms with Crippen molar-refractivity contribution in [1.82, 2.24) is 9.88 Å². The summed E-state index contributed by atoms with van der Waals surface area (Å²) in [6.45, 7) is 2.00. The monoisotopic (exact) mass is 432 g/mol. The molecule has 1 atom stereocenters. The van der Waals surface area contributed by atoms with Crippen LogP contribution in [0.25, 0.3) is 0 Å². The molecule has 1 aliphatic rings. The molecule has 160 valence electrons. The number of carbonyl (C=O) groups excluding carboxylic acids is 2. The fourth-order valence-electron chi connectivity index (χ4n) is 3.57. The highest BCUT2D eigenvalue weighted by atomic mass is 32.2. The van der Waals surface area contributed by atoms with E-state index in [1.165, 1.54) is 19.2 Å². The third-order valence-electron chi connectivity index (χ3n) is 5.46. The Morgan fingerprint density at radius 2 is 2.03 bits per heavy atom. The fourth-order valence-corrected chi connectivity index (χ4v) is 4.13. The zero-order chi connectivity index (χ0) is 22.1. The van der Waals surface area contributed by atoms with Crippen molar-refractivity contribution < 1.29 is 22.7 Å². The largest absolute Gasteiger partial charge is 0.467 e. The number of benzene rings is 1. The second-order valence-electron chi connectivity index (χ2n) is 7.27. The lowest BCUT2D eigenvalue weighted by Crippen LogP contribution is -2.52. The van der Waals surface area contributed by atoms with Crippen LogP contribution >= 0.6 is 0 Å². The van der Waals surface area contributed by atoms with Gasteiger partial charge in [-0.25, -0.2) is 18.4 Å². The Morgan fingerprint density at radius 3 is 2.63 bits per heavy atom. The molecule has 1 aromatic heterocycles. The van der Waals surface area contributed by atoms with Crippen molar-refractivity contribution in [2.24, 2.45) is 5.14 Å². The summed E-state index contributed by atoms with van der Waals surface area (Å²) in [4.78, 5) is 33.1. The normalized spacial score (nSPS) is 15.6. The highest BCUT2D eigenvalue weighted by Gasteiger charge is 2.43. The number of ether oxygens (including phenoxy) is 1. The Morgan fingerprint density at radius 1 is 1.30 bits per heavy atom. The Balaban J connectivity index is 1.85. The van der Waals surface area contributed by atoms with E-state index in [0.29, 0.717) is 24.3 Å². The van der Waals surface area contributed by atoms with Crippen molar-refractivity contribution in [3.05, 3.63) is 53.9 Å². The number of nitrogens with two attached hydrogens (primary N) is 1. The zero-order valence-corrected chi connectivity index (χ0v) is 17.8. The number of hydrogen-bond acceptors (Lipinski definition) is 7. The van der Waals surface area contributed by atoms with E-state index in [9.17, 15) is 18.0 Å². The van der Waals surface area contributed by atoms with Gasteiger partial charge in [-0.3, -0.25) is 14.7 Å². The van der Waals surface area contributed by atoms with Crippen LogP contribution in [0.2, 0.25) is 0 Å². The third kappa shape index (κ3) is 3.93. The molecule has 0 radical (unpaired) electrons. The van der Waals surface area contributed by atoms with Gasteiger partial charge in [-0.05, 0) is 56.3 Å². The van der Waals surface area contributed by atoms with E-state index in [2.05, 4.69) is 4.98 Å². The SMILES string of the molecule is COC(=O)[C@@](C)(c1ccccn1)N(C)CC(=O)N1CCc2cc(S(N)(=O)=O)ccc21. The Kier molecular flexibility index (Phi) is 5.93. The van der Waals surface area contributed by atoms with Crippen LogP contribution in [0, 0.1) is 0 Å². The van der Waals surface area contributed by atoms with Crippen LogP contribution in [0.1, 0.15) is 18.2 Å². The number of sulfonamides is 1. The van der Waals surface area contributed by atoms with Crippen molar-refractivity contribution in [3.63, 3.8) is 0 Å². The van der Waals surface area contributed by atoms with Crippen molar-refractivity contribution >= 4 is 27.6 Å². The molecule has 1 aromatic carbocycles. The summed E-state index contributed by atoms with van der Waals surface area (Å²) in [7, 11) is -0.866. The molecule has 1 aliphatic heterocycles. The lowest BCUT2D eigenvalue weighted by Gasteiger charge is -2.36. The van der Waals surface area contributed by atoms with Crippen molar-refractivity contribution in [2.45, 2.75) is 23.8 Å². The highest BCUT2D eigenvalue weighted by molar-refractivity contribution is 7.89. The second kappa shape index (κ2) is 8.13. The molecule has 0 fully saturated rings. The first-order valence-corrected chi connectivity index (χ1v) is 10.8. The first-order chi connectivity index (χ1) is 14.1. The van der Waals surface area contributed by atoms with Gasteiger partial charge in [0.15, 0.2) is 5.54 Å². The van der Waals surface area contributed by atoms with Crippen LogP contribution in [0.3, 0.4) is 0 Å². The number of fused-ring (bicyclic) bond motifs is 1. The Bertz CT molecular complexity index is 1070. The molecule has 0 saturated heterocycles. The maximum absolute atomic E-state index is 13.1. The molecule has 30 heavy (non-hydrogen) atoms. The number of rotatable bonds is 6. The minimum atomic E-state index is -3.81. The number of hydrogen-bond donors (Lipinski definition) is 1. The van der Waals surface area contributed by atoms with Gasteiger partial charge in [-0.15, -0.1) is 0 Å². The van der Waals surface area contributed by atoms with E-state index in [-0.39, 0.29) is 17.3 Å². The summed E-state index contributed by atoms with van der Waals surface area (Å²) < 4.78 is 28.1. The standard InChI is InChI=1S/C20H24N4O5S/c1-20(19(26)29-3,17-6-4-5-10-22-17)23(2)13-18(25)24-11-9-14-12-15(30(21,27)28)7-8-16(14)24/h4-8,10,12H,9,11,13H2,1-3H3,(H2,21,27,28)/t20-/m1/s1. The smallest absolute Gasteiger partial charge is 0.332 e. The molecule has 9 nitrogen and oxygen atoms in total. The predicted octanol–water partition coefficient (Wildman–Crippen LogP) is 0.638. The summed E-state index contributed by atoms with van der Waals surface area (Å²) in [6.07, 6.45) is 2.09. The van der Waals surface area contributed by atoms with Gasteiger partial charge in [0.2, 0.25) is 15.9 Å². The molecule has 0 spiro atoms. The van der Waals surface area contributed by atoms with Crippen LogP contribution in [0.4, 0.5) is 5.69 Å². The molecule has 2 heterocycles. The molecule has 1 amide bonds. The lowest BCUT2D eigenvalue weighted by atomic mass is 9.95. The number of nitrogens with zero attached hydrogens (tertiary/aromatic N) is 3. The third-order valence-corrected chi connectivity index (χ3v) is 6.37. The molecule has 2 N–H and O–H groups in total. The summed E-state index contributed by atoms with van der Waals surface area (Å²) in [5.41, 5.74) is 0.578. The van der Waals surface area contributed by atoms with Gasteiger partial charge in [-0.1, -0.05) is 6.07 Å². The minimum absolute atomic E-state index is 0.0149. The van der Waals surface area contributed by atoms with E-state index in [1.807, 2.05) is 0 Å². The fraction of sp³-hybridized carbons (Fsp3) is 0.350. The Hall–Kier alpha value is -2.82. The predicted molar refractivity (Wildman–Crippen MR) is 110 cm³/mol. The molecule has 0 aliphatic carbocycles. The molecule has 2 aromatic rings. The van der Waals surface area contributed by atoms with Gasteiger partial charge >= 0.3 is 5.97 Å². The molecule has 10 heteroatoms. The molecular weight excluding hydrogens is 408 g/mol. The molecule has 0 bridgehead atoms. The number of methoxy groups -OCH3 is 1. The summed E-state index contributed by atoms with van der Waals surface area (Å²) in [5.74, 6) is -0.762. The number of esters is 1.